The molecule has 4 rings (SSSR count). The monoisotopic (exact) mass is 314 g/mol. The van der Waals surface area contributed by atoms with E-state index in [1.165, 1.54) is 63.8 Å². The van der Waals surface area contributed by atoms with Crippen LogP contribution in [0.5, 0.6) is 0 Å². The summed E-state index contributed by atoms with van der Waals surface area (Å²) in [6, 6.07) is 10.9. The number of hydrogen-bond acceptors (Lipinski definition) is 3. The lowest BCUT2D eigenvalue weighted by Crippen LogP contribution is -2.61. The zero-order chi connectivity index (χ0) is 15.5. The lowest BCUT2D eigenvalue weighted by molar-refractivity contribution is -0.0962. The summed E-state index contributed by atoms with van der Waals surface area (Å²) in [4.78, 5) is 5.45. The van der Waals surface area contributed by atoms with Gasteiger partial charge in [-0.3, -0.25) is 4.90 Å². The van der Waals surface area contributed by atoms with Crippen LogP contribution in [0.1, 0.15) is 31.2 Å². The lowest BCUT2D eigenvalue weighted by Gasteiger charge is -2.51. The molecule has 0 aromatic heterocycles. The number of likely N-dealkylation sites (tertiary alicyclic amines) is 1. The van der Waals surface area contributed by atoms with E-state index >= 15 is 0 Å². The topological polar surface area (TPSA) is 15.7 Å². The molecule has 1 aromatic carbocycles. The molecule has 1 spiro atoms. The summed E-state index contributed by atoms with van der Waals surface area (Å²) in [7, 11) is 0. The smallest absolute Gasteiger partial charge is 0.0652 e. The first-order valence-electron chi connectivity index (χ1n) is 9.43. The Hall–Kier alpha value is -0.900. The highest BCUT2D eigenvalue weighted by Crippen LogP contribution is 2.37. The summed E-state index contributed by atoms with van der Waals surface area (Å²) in [5.41, 5.74) is 1.81. The third-order valence-corrected chi connectivity index (χ3v) is 6.07. The highest BCUT2D eigenvalue weighted by Gasteiger charge is 2.43. The van der Waals surface area contributed by atoms with Crippen molar-refractivity contribution < 1.29 is 4.74 Å². The second kappa shape index (κ2) is 6.92. The molecule has 3 aliphatic rings. The van der Waals surface area contributed by atoms with Crippen molar-refractivity contribution in [3.05, 3.63) is 35.9 Å². The fourth-order valence-electron chi connectivity index (χ4n) is 4.25. The third-order valence-electron chi connectivity index (χ3n) is 6.07. The van der Waals surface area contributed by atoms with Crippen LogP contribution in [0.4, 0.5) is 0 Å². The minimum absolute atomic E-state index is 0.351. The Kier molecular flexibility index (Phi) is 4.70. The molecule has 23 heavy (non-hydrogen) atoms. The number of hydrogen-bond donors (Lipinski definition) is 0. The van der Waals surface area contributed by atoms with Gasteiger partial charge in [-0.1, -0.05) is 30.3 Å². The summed E-state index contributed by atoms with van der Waals surface area (Å²) in [5, 5.41) is 0. The molecule has 3 fully saturated rings. The van der Waals surface area contributed by atoms with E-state index in [9.17, 15) is 0 Å². The fourth-order valence-corrected chi connectivity index (χ4v) is 4.25. The first kappa shape index (κ1) is 15.6. The maximum Gasteiger partial charge on any atom is 0.0652 e. The van der Waals surface area contributed by atoms with Crippen LogP contribution in [0, 0.1) is 5.92 Å². The zero-order valence-corrected chi connectivity index (χ0v) is 14.3. The Balaban J connectivity index is 1.30. The minimum Gasteiger partial charge on any atom is -0.378 e. The highest BCUT2D eigenvalue weighted by atomic mass is 16.5. The standard InChI is InChI=1S/C20H30N2O/c1-2-4-18(5-3-1)8-11-21-12-9-20(10-13-21)17-23-15-14-22(20)16-19-6-7-19/h1-5,19H,6-17H2. The van der Waals surface area contributed by atoms with E-state index in [4.69, 9.17) is 4.74 Å². The summed E-state index contributed by atoms with van der Waals surface area (Å²) in [6.45, 7) is 8.05. The van der Waals surface area contributed by atoms with E-state index in [0.717, 1.165) is 25.7 Å². The van der Waals surface area contributed by atoms with Gasteiger partial charge in [0.1, 0.15) is 0 Å². The molecule has 0 radical (unpaired) electrons. The Morgan fingerprint density at radius 3 is 2.57 bits per heavy atom. The number of rotatable bonds is 5. The molecule has 2 aliphatic heterocycles. The first-order valence-corrected chi connectivity index (χ1v) is 9.43. The van der Waals surface area contributed by atoms with Crippen molar-refractivity contribution in [2.45, 2.75) is 37.6 Å². The van der Waals surface area contributed by atoms with Crippen molar-refractivity contribution in [2.24, 2.45) is 5.92 Å². The van der Waals surface area contributed by atoms with Gasteiger partial charge in [-0.25, -0.2) is 0 Å². The zero-order valence-electron chi connectivity index (χ0n) is 14.3. The van der Waals surface area contributed by atoms with Crippen LogP contribution in [-0.2, 0) is 11.2 Å². The summed E-state index contributed by atoms with van der Waals surface area (Å²) in [6.07, 6.45) is 6.66. The van der Waals surface area contributed by atoms with Crippen LogP contribution < -0.4 is 0 Å². The summed E-state index contributed by atoms with van der Waals surface area (Å²) < 4.78 is 5.90. The maximum absolute atomic E-state index is 5.90. The molecular formula is C20H30N2O. The summed E-state index contributed by atoms with van der Waals surface area (Å²) >= 11 is 0. The Bertz CT molecular complexity index is 492. The molecule has 1 aliphatic carbocycles. The van der Waals surface area contributed by atoms with Crippen molar-refractivity contribution >= 4 is 0 Å². The van der Waals surface area contributed by atoms with Crippen LogP contribution in [0.15, 0.2) is 30.3 Å². The van der Waals surface area contributed by atoms with Gasteiger partial charge < -0.3 is 9.64 Å². The number of ether oxygens (including phenoxy) is 1. The van der Waals surface area contributed by atoms with Crippen LogP contribution in [0.2, 0.25) is 0 Å². The number of piperidine rings is 1. The molecule has 0 N–H and O–H groups in total. The largest absolute Gasteiger partial charge is 0.378 e. The molecular weight excluding hydrogens is 284 g/mol. The highest BCUT2D eigenvalue weighted by molar-refractivity contribution is 5.15. The fraction of sp³-hybridized carbons (Fsp3) is 0.700. The van der Waals surface area contributed by atoms with Gasteiger partial charge in [0.25, 0.3) is 0 Å². The molecule has 3 nitrogen and oxygen atoms in total. The van der Waals surface area contributed by atoms with Gasteiger partial charge in [0.05, 0.1) is 13.2 Å². The molecule has 3 heteroatoms. The van der Waals surface area contributed by atoms with Gasteiger partial charge in [-0.05, 0) is 56.7 Å². The van der Waals surface area contributed by atoms with E-state index in [2.05, 4.69) is 40.1 Å². The van der Waals surface area contributed by atoms with Crippen molar-refractivity contribution in [3.8, 4) is 0 Å². The molecule has 0 atom stereocenters. The van der Waals surface area contributed by atoms with Gasteiger partial charge >= 0.3 is 0 Å². The predicted molar refractivity (Wildman–Crippen MR) is 93.7 cm³/mol. The molecule has 126 valence electrons. The van der Waals surface area contributed by atoms with Gasteiger partial charge in [-0.2, -0.15) is 0 Å². The van der Waals surface area contributed by atoms with Crippen molar-refractivity contribution in [3.63, 3.8) is 0 Å². The van der Waals surface area contributed by atoms with E-state index in [0.29, 0.717) is 5.54 Å². The molecule has 1 saturated carbocycles. The minimum atomic E-state index is 0.351. The molecule has 0 bridgehead atoms. The Morgan fingerprint density at radius 1 is 1.04 bits per heavy atom. The molecule has 2 saturated heterocycles. The maximum atomic E-state index is 5.90. The third kappa shape index (κ3) is 3.78. The van der Waals surface area contributed by atoms with E-state index < -0.39 is 0 Å². The van der Waals surface area contributed by atoms with Crippen molar-refractivity contribution in [2.75, 3.05) is 45.9 Å². The first-order chi connectivity index (χ1) is 11.3. The average molecular weight is 314 g/mol. The van der Waals surface area contributed by atoms with Crippen LogP contribution >= 0.6 is 0 Å². The SMILES string of the molecule is c1ccc(CCN2CCC3(CC2)COCCN3CC2CC2)cc1. The summed E-state index contributed by atoms with van der Waals surface area (Å²) in [5.74, 6) is 0.987. The van der Waals surface area contributed by atoms with Crippen LogP contribution in [0.3, 0.4) is 0 Å². The Labute approximate surface area is 140 Å². The normalized spacial score (nSPS) is 25.7. The lowest BCUT2D eigenvalue weighted by atomic mass is 9.85. The van der Waals surface area contributed by atoms with Gasteiger partial charge in [-0.15, -0.1) is 0 Å². The predicted octanol–water partition coefficient (Wildman–Crippen LogP) is 2.81. The second-order valence-electron chi connectivity index (χ2n) is 7.74. The van der Waals surface area contributed by atoms with E-state index in [1.54, 1.807) is 0 Å². The number of nitrogens with zero attached hydrogens (tertiary/aromatic N) is 2. The van der Waals surface area contributed by atoms with Gasteiger partial charge in [0.2, 0.25) is 0 Å². The average Bonchev–Trinajstić information content (AvgIpc) is 3.42. The van der Waals surface area contributed by atoms with Gasteiger partial charge in [0, 0.05) is 25.2 Å². The van der Waals surface area contributed by atoms with Crippen molar-refractivity contribution in [1.82, 2.24) is 9.80 Å². The Morgan fingerprint density at radius 2 is 1.83 bits per heavy atom. The molecule has 2 heterocycles. The molecule has 1 aromatic rings. The molecule has 0 amide bonds. The number of morpholine rings is 1. The second-order valence-corrected chi connectivity index (χ2v) is 7.74. The van der Waals surface area contributed by atoms with E-state index in [-0.39, 0.29) is 0 Å². The van der Waals surface area contributed by atoms with Crippen LogP contribution in [0.25, 0.3) is 0 Å². The van der Waals surface area contributed by atoms with E-state index in [1.807, 2.05) is 0 Å². The molecule has 0 unspecified atom stereocenters. The van der Waals surface area contributed by atoms with Crippen LogP contribution in [-0.4, -0.2) is 61.3 Å². The quantitative estimate of drug-likeness (QED) is 0.831. The number of benzene rings is 1. The van der Waals surface area contributed by atoms with Gasteiger partial charge in [0.15, 0.2) is 0 Å². The van der Waals surface area contributed by atoms with Crippen molar-refractivity contribution in [1.29, 1.82) is 0 Å².